The van der Waals surface area contributed by atoms with E-state index in [2.05, 4.69) is 55.4 Å². The Bertz CT molecular complexity index is 337. The van der Waals surface area contributed by atoms with Gasteiger partial charge < -0.3 is 15.0 Å². The summed E-state index contributed by atoms with van der Waals surface area (Å²) in [5, 5.41) is 3.51. The molecule has 1 aromatic rings. The standard InChI is InChI=1S/C16H28N2O/c1-5-16(17-6-2)14-8-10-15(11-9-14)18(4)12-13-19-7-3/h8-11,16-17H,5-7,12-13H2,1-4H3. The van der Waals surface area contributed by atoms with Crippen LogP contribution in [0.4, 0.5) is 5.69 Å². The van der Waals surface area contributed by atoms with E-state index in [1.54, 1.807) is 0 Å². The highest BCUT2D eigenvalue weighted by Crippen LogP contribution is 2.20. The van der Waals surface area contributed by atoms with Crippen LogP contribution in [0.15, 0.2) is 24.3 Å². The third kappa shape index (κ3) is 5.21. The molecule has 1 rings (SSSR count). The molecule has 0 aromatic heterocycles. The van der Waals surface area contributed by atoms with Crippen molar-refractivity contribution in [3.8, 4) is 0 Å². The van der Waals surface area contributed by atoms with Crippen molar-refractivity contribution in [3.05, 3.63) is 29.8 Å². The van der Waals surface area contributed by atoms with Gasteiger partial charge in [-0.2, -0.15) is 0 Å². The van der Waals surface area contributed by atoms with E-state index in [4.69, 9.17) is 4.74 Å². The Hall–Kier alpha value is -1.06. The van der Waals surface area contributed by atoms with E-state index in [9.17, 15) is 0 Å². The van der Waals surface area contributed by atoms with Crippen molar-refractivity contribution in [2.75, 3.05) is 38.3 Å². The summed E-state index contributed by atoms with van der Waals surface area (Å²) in [6.45, 7) is 9.90. The van der Waals surface area contributed by atoms with E-state index in [-0.39, 0.29) is 0 Å². The molecule has 1 aromatic carbocycles. The fourth-order valence-electron chi connectivity index (χ4n) is 2.18. The summed E-state index contributed by atoms with van der Waals surface area (Å²) in [5.41, 5.74) is 2.61. The van der Waals surface area contributed by atoms with Gasteiger partial charge >= 0.3 is 0 Å². The summed E-state index contributed by atoms with van der Waals surface area (Å²) in [7, 11) is 2.11. The quantitative estimate of drug-likeness (QED) is 0.693. The van der Waals surface area contributed by atoms with Crippen molar-refractivity contribution in [3.63, 3.8) is 0 Å². The molecule has 0 saturated carbocycles. The highest BCUT2D eigenvalue weighted by atomic mass is 16.5. The lowest BCUT2D eigenvalue weighted by Gasteiger charge is -2.21. The van der Waals surface area contributed by atoms with E-state index in [0.29, 0.717) is 6.04 Å². The highest BCUT2D eigenvalue weighted by Gasteiger charge is 2.08. The molecule has 3 nitrogen and oxygen atoms in total. The van der Waals surface area contributed by atoms with E-state index in [1.165, 1.54) is 11.3 Å². The van der Waals surface area contributed by atoms with Crippen molar-refractivity contribution >= 4 is 5.69 Å². The zero-order valence-corrected chi connectivity index (χ0v) is 12.8. The van der Waals surface area contributed by atoms with Crippen LogP contribution in [0, 0.1) is 0 Å². The van der Waals surface area contributed by atoms with Crippen LogP contribution >= 0.6 is 0 Å². The van der Waals surface area contributed by atoms with Gasteiger partial charge in [0.2, 0.25) is 0 Å². The van der Waals surface area contributed by atoms with Crippen molar-refractivity contribution in [1.29, 1.82) is 0 Å². The molecule has 0 aliphatic heterocycles. The molecule has 0 spiro atoms. The van der Waals surface area contributed by atoms with Gasteiger partial charge in [-0.3, -0.25) is 0 Å². The molecule has 19 heavy (non-hydrogen) atoms. The van der Waals surface area contributed by atoms with Gasteiger partial charge in [0.1, 0.15) is 0 Å². The molecule has 0 radical (unpaired) electrons. The minimum atomic E-state index is 0.466. The van der Waals surface area contributed by atoms with Crippen LogP contribution < -0.4 is 10.2 Å². The Morgan fingerprint density at radius 3 is 2.37 bits per heavy atom. The minimum Gasteiger partial charge on any atom is -0.380 e. The van der Waals surface area contributed by atoms with Gasteiger partial charge in [0.25, 0.3) is 0 Å². The number of anilines is 1. The second-order valence-electron chi connectivity index (χ2n) is 4.73. The maximum absolute atomic E-state index is 5.39. The molecule has 0 saturated heterocycles. The molecular formula is C16H28N2O. The third-order valence-corrected chi connectivity index (χ3v) is 3.37. The number of hydrogen-bond donors (Lipinski definition) is 1. The van der Waals surface area contributed by atoms with Crippen LogP contribution in [0.2, 0.25) is 0 Å². The first-order chi connectivity index (χ1) is 9.22. The zero-order chi connectivity index (χ0) is 14.1. The summed E-state index contributed by atoms with van der Waals surface area (Å²) >= 11 is 0. The van der Waals surface area contributed by atoms with Gasteiger partial charge in [0, 0.05) is 31.9 Å². The van der Waals surface area contributed by atoms with E-state index >= 15 is 0 Å². The van der Waals surface area contributed by atoms with Crippen LogP contribution in [0.25, 0.3) is 0 Å². The van der Waals surface area contributed by atoms with Crippen molar-refractivity contribution < 1.29 is 4.74 Å². The largest absolute Gasteiger partial charge is 0.380 e. The molecule has 1 unspecified atom stereocenters. The maximum Gasteiger partial charge on any atom is 0.0641 e. The molecular weight excluding hydrogens is 236 g/mol. The predicted octanol–water partition coefficient (Wildman–Crippen LogP) is 3.22. The maximum atomic E-state index is 5.39. The summed E-state index contributed by atoms with van der Waals surface area (Å²) in [4.78, 5) is 2.23. The van der Waals surface area contributed by atoms with Gasteiger partial charge in [0.05, 0.1) is 6.61 Å². The monoisotopic (exact) mass is 264 g/mol. The Labute approximate surface area is 118 Å². The Morgan fingerprint density at radius 2 is 1.84 bits per heavy atom. The van der Waals surface area contributed by atoms with Crippen molar-refractivity contribution in [1.82, 2.24) is 5.32 Å². The lowest BCUT2D eigenvalue weighted by atomic mass is 10.0. The molecule has 0 heterocycles. The van der Waals surface area contributed by atoms with Gasteiger partial charge in [-0.05, 0) is 37.6 Å². The number of nitrogens with zero attached hydrogens (tertiary/aromatic N) is 1. The predicted molar refractivity (Wildman–Crippen MR) is 82.9 cm³/mol. The molecule has 1 atom stereocenters. The molecule has 3 heteroatoms. The topological polar surface area (TPSA) is 24.5 Å². The number of ether oxygens (including phenoxy) is 1. The number of rotatable bonds is 9. The second kappa shape index (κ2) is 8.94. The molecule has 1 N–H and O–H groups in total. The summed E-state index contributed by atoms with van der Waals surface area (Å²) < 4.78 is 5.39. The number of benzene rings is 1. The van der Waals surface area contributed by atoms with Crippen LogP contribution in [0.3, 0.4) is 0 Å². The first-order valence-electron chi connectivity index (χ1n) is 7.35. The van der Waals surface area contributed by atoms with Crippen molar-refractivity contribution in [2.45, 2.75) is 33.2 Å². The molecule has 0 aliphatic carbocycles. The summed E-state index contributed by atoms with van der Waals surface area (Å²) in [6.07, 6.45) is 1.12. The molecule has 0 amide bonds. The molecule has 0 fully saturated rings. The van der Waals surface area contributed by atoms with Gasteiger partial charge in [0.15, 0.2) is 0 Å². The van der Waals surface area contributed by atoms with Crippen LogP contribution in [-0.4, -0.2) is 33.4 Å². The fourth-order valence-corrected chi connectivity index (χ4v) is 2.18. The SMILES string of the molecule is CCNC(CC)c1ccc(N(C)CCOCC)cc1. The lowest BCUT2D eigenvalue weighted by molar-refractivity contribution is 0.154. The molecule has 0 bridgehead atoms. The van der Waals surface area contributed by atoms with E-state index in [1.807, 2.05) is 6.92 Å². The highest BCUT2D eigenvalue weighted by molar-refractivity contribution is 5.47. The van der Waals surface area contributed by atoms with Crippen LogP contribution in [-0.2, 0) is 4.74 Å². The minimum absolute atomic E-state index is 0.466. The Morgan fingerprint density at radius 1 is 1.16 bits per heavy atom. The molecule has 0 aliphatic rings. The molecule has 108 valence electrons. The van der Waals surface area contributed by atoms with Gasteiger partial charge in [-0.25, -0.2) is 0 Å². The first-order valence-corrected chi connectivity index (χ1v) is 7.35. The van der Waals surface area contributed by atoms with E-state index < -0.39 is 0 Å². The lowest BCUT2D eigenvalue weighted by Crippen LogP contribution is -2.23. The summed E-state index contributed by atoms with van der Waals surface area (Å²) in [6, 6.07) is 9.31. The third-order valence-electron chi connectivity index (χ3n) is 3.37. The normalized spacial score (nSPS) is 12.4. The van der Waals surface area contributed by atoms with E-state index in [0.717, 1.165) is 32.7 Å². The number of hydrogen-bond acceptors (Lipinski definition) is 3. The first kappa shape index (κ1) is 16.0. The van der Waals surface area contributed by atoms with Gasteiger partial charge in [-0.1, -0.05) is 26.0 Å². The van der Waals surface area contributed by atoms with Gasteiger partial charge in [-0.15, -0.1) is 0 Å². The average molecular weight is 264 g/mol. The number of nitrogens with one attached hydrogen (secondary N) is 1. The van der Waals surface area contributed by atoms with Crippen LogP contribution in [0.5, 0.6) is 0 Å². The zero-order valence-electron chi connectivity index (χ0n) is 12.8. The summed E-state index contributed by atoms with van der Waals surface area (Å²) in [5.74, 6) is 0. The number of likely N-dealkylation sites (N-methyl/N-ethyl adjacent to an activating group) is 1. The Balaban J connectivity index is 2.59. The second-order valence-corrected chi connectivity index (χ2v) is 4.73. The average Bonchev–Trinajstić information content (AvgIpc) is 2.45. The Kier molecular flexibility index (Phi) is 7.53. The van der Waals surface area contributed by atoms with Crippen LogP contribution in [0.1, 0.15) is 38.8 Å². The van der Waals surface area contributed by atoms with Crippen molar-refractivity contribution in [2.24, 2.45) is 0 Å². The smallest absolute Gasteiger partial charge is 0.0641 e. The fraction of sp³-hybridized carbons (Fsp3) is 0.625.